The summed E-state index contributed by atoms with van der Waals surface area (Å²) in [5.41, 5.74) is 2.97. The fraction of sp³-hybridized carbons (Fsp3) is 0.474. The molecule has 6 nitrogen and oxygen atoms in total. The number of carbonyl (C=O) groups is 1. The van der Waals surface area contributed by atoms with E-state index in [1.807, 2.05) is 20.2 Å². The molecule has 1 atom stereocenters. The second kappa shape index (κ2) is 8.16. The lowest BCUT2D eigenvalue weighted by Crippen LogP contribution is -2.34. The third-order valence-electron chi connectivity index (χ3n) is 4.74. The van der Waals surface area contributed by atoms with Crippen LogP contribution in [-0.2, 0) is 13.5 Å². The highest BCUT2D eigenvalue weighted by Crippen LogP contribution is 2.16. The molecule has 1 fully saturated rings. The molecule has 25 heavy (non-hydrogen) atoms. The number of aromatic nitrogens is 2. The molecule has 134 valence electrons. The fourth-order valence-electron chi connectivity index (χ4n) is 3.34. The van der Waals surface area contributed by atoms with E-state index in [2.05, 4.69) is 51.0 Å². The van der Waals surface area contributed by atoms with E-state index in [0.29, 0.717) is 12.5 Å². The van der Waals surface area contributed by atoms with Crippen LogP contribution in [0.15, 0.2) is 36.5 Å². The molecule has 1 aromatic heterocycles. The summed E-state index contributed by atoms with van der Waals surface area (Å²) >= 11 is 0. The maximum Gasteiger partial charge on any atom is 0.319 e. The maximum absolute atomic E-state index is 12.1. The Hall–Kier alpha value is -2.34. The Morgan fingerprint density at radius 2 is 2.12 bits per heavy atom. The minimum absolute atomic E-state index is 0.154. The van der Waals surface area contributed by atoms with Crippen molar-refractivity contribution in [2.45, 2.75) is 19.8 Å². The lowest BCUT2D eigenvalue weighted by Gasteiger charge is -2.16. The Labute approximate surface area is 149 Å². The van der Waals surface area contributed by atoms with Gasteiger partial charge in [0, 0.05) is 32.9 Å². The number of amides is 2. The highest BCUT2D eigenvalue weighted by molar-refractivity contribution is 5.89. The average molecular weight is 341 g/mol. The Bertz CT molecular complexity index is 697. The van der Waals surface area contributed by atoms with Crippen molar-refractivity contribution in [3.63, 3.8) is 0 Å². The van der Waals surface area contributed by atoms with Gasteiger partial charge in [-0.3, -0.25) is 4.68 Å². The molecule has 2 aromatic rings. The summed E-state index contributed by atoms with van der Waals surface area (Å²) in [5.74, 6) is 0.525. The van der Waals surface area contributed by atoms with Gasteiger partial charge in [0.2, 0.25) is 0 Å². The topological polar surface area (TPSA) is 62.2 Å². The molecule has 6 heteroatoms. The van der Waals surface area contributed by atoms with Crippen LogP contribution in [0.25, 0.3) is 0 Å². The molecule has 0 aliphatic carbocycles. The van der Waals surface area contributed by atoms with E-state index in [0.717, 1.165) is 43.9 Å². The molecule has 0 saturated carbocycles. The third kappa shape index (κ3) is 5.06. The van der Waals surface area contributed by atoms with Gasteiger partial charge in [-0.15, -0.1) is 0 Å². The summed E-state index contributed by atoms with van der Waals surface area (Å²) in [6.07, 6.45) is 4.04. The first-order valence-corrected chi connectivity index (χ1v) is 8.91. The van der Waals surface area contributed by atoms with Gasteiger partial charge in [-0.05, 0) is 37.8 Å². The van der Waals surface area contributed by atoms with Crippen LogP contribution < -0.4 is 10.6 Å². The molecule has 0 spiro atoms. The van der Waals surface area contributed by atoms with Crippen molar-refractivity contribution in [3.8, 4) is 0 Å². The van der Waals surface area contributed by atoms with Gasteiger partial charge >= 0.3 is 6.03 Å². The monoisotopic (exact) mass is 341 g/mol. The molecule has 0 radical (unpaired) electrons. The third-order valence-corrected chi connectivity index (χ3v) is 4.74. The van der Waals surface area contributed by atoms with E-state index in [9.17, 15) is 4.79 Å². The predicted octanol–water partition coefficient (Wildman–Crippen LogP) is 2.41. The number of likely N-dealkylation sites (tertiary alicyclic amines) is 1. The summed E-state index contributed by atoms with van der Waals surface area (Å²) in [5, 5.41) is 10.1. The largest absolute Gasteiger partial charge is 0.338 e. The zero-order chi connectivity index (χ0) is 17.6. The molecule has 1 aromatic carbocycles. The van der Waals surface area contributed by atoms with Crippen molar-refractivity contribution >= 4 is 11.7 Å². The number of nitrogens with one attached hydrogen (secondary N) is 2. The Morgan fingerprint density at radius 3 is 2.84 bits per heavy atom. The van der Waals surface area contributed by atoms with Crippen molar-refractivity contribution in [1.82, 2.24) is 20.0 Å². The van der Waals surface area contributed by atoms with Crippen molar-refractivity contribution < 1.29 is 4.79 Å². The first kappa shape index (κ1) is 17.5. The van der Waals surface area contributed by atoms with Crippen LogP contribution >= 0.6 is 0 Å². The summed E-state index contributed by atoms with van der Waals surface area (Å²) in [7, 11) is 1.85. The first-order valence-electron chi connectivity index (χ1n) is 8.91. The van der Waals surface area contributed by atoms with Crippen molar-refractivity contribution in [1.29, 1.82) is 0 Å². The van der Waals surface area contributed by atoms with E-state index < -0.39 is 0 Å². The molecule has 2 N–H and O–H groups in total. The average Bonchev–Trinajstić information content (AvgIpc) is 3.18. The van der Waals surface area contributed by atoms with Gasteiger partial charge in [-0.1, -0.05) is 30.3 Å². The Kier molecular flexibility index (Phi) is 5.71. The van der Waals surface area contributed by atoms with Gasteiger partial charge in [0.1, 0.15) is 0 Å². The number of rotatable bonds is 6. The number of aryl methyl sites for hydroxylation is 2. The minimum Gasteiger partial charge on any atom is -0.338 e. The Balaban J connectivity index is 1.36. The quantitative estimate of drug-likeness (QED) is 0.848. The molecule has 2 heterocycles. The lowest BCUT2D eigenvalue weighted by molar-refractivity contribution is 0.249. The van der Waals surface area contributed by atoms with Crippen LogP contribution in [0.4, 0.5) is 10.5 Å². The van der Waals surface area contributed by atoms with Crippen LogP contribution in [0.3, 0.4) is 0 Å². The summed E-state index contributed by atoms with van der Waals surface area (Å²) < 4.78 is 1.70. The predicted molar refractivity (Wildman–Crippen MR) is 99.7 cm³/mol. The minimum atomic E-state index is -0.154. The molecule has 1 saturated heterocycles. The molecule has 1 aliphatic heterocycles. The normalized spacial score (nSPS) is 17.6. The fourth-order valence-corrected chi connectivity index (χ4v) is 3.34. The number of hydrogen-bond acceptors (Lipinski definition) is 3. The van der Waals surface area contributed by atoms with Crippen molar-refractivity contribution in [2.75, 3.05) is 31.5 Å². The smallest absolute Gasteiger partial charge is 0.319 e. The Morgan fingerprint density at radius 1 is 1.32 bits per heavy atom. The second-order valence-electron chi connectivity index (χ2n) is 6.83. The molecule has 0 unspecified atom stereocenters. The van der Waals surface area contributed by atoms with Crippen LogP contribution in [0.5, 0.6) is 0 Å². The van der Waals surface area contributed by atoms with Gasteiger partial charge in [-0.2, -0.15) is 5.10 Å². The second-order valence-corrected chi connectivity index (χ2v) is 6.83. The highest BCUT2D eigenvalue weighted by atomic mass is 16.2. The van der Waals surface area contributed by atoms with E-state index in [-0.39, 0.29) is 6.03 Å². The van der Waals surface area contributed by atoms with E-state index in [1.165, 1.54) is 5.56 Å². The summed E-state index contributed by atoms with van der Waals surface area (Å²) in [6, 6.07) is 10.4. The first-order chi connectivity index (χ1) is 12.1. The van der Waals surface area contributed by atoms with Crippen LogP contribution in [0, 0.1) is 12.8 Å². The summed E-state index contributed by atoms with van der Waals surface area (Å²) in [6.45, 7) is 5.85. The molecular formula is C19H27N5O. The SMILES string of the molecule is Cc1nn(C)cc1NC(=O)NC[C@H]1CCN(CCc2ccccc2)C1. The van der Waals surface area contributed by atoms with Gasteiger partial charge in [0.05, 0.1) is 11.4 Å². The number of carbonyl (C=O) groups excluding carboxylic acids is 1. The van der Waals surface area contributed by atoms with Crippen molar-refractivity contribution in [2.24, 2.45) is 13.0 Å². The van der Waals surface area contributed by atoms with Gasteiger partial charge in [0.25, 0.3) is 0 Å². The molecule has 1 aliphatic rings. The number of urea groups is 1. The van der Waals surface area contributed by atoms with Crippen molar-refractivity contribution in [3.05, 3.63) is 47.8 Å². The summed E-state index contributed by atoms with van der Waals surface area (Å²) in [4.78, 5) is 14.5. The van der Waals surface area contributed by atoms with Gasteiger partial charge in [-0.25, -0.2) is 4.79 Å². The zero-order valence-corrected chi connectivity index (χ0v) is 15.0. The molecule has 2 amide bonds. The number of nitrogens with zero attached hydrogens (tertiary/aromatic N) is 3. The number of hydrogen-bond donors (Lipinski definition) is 2. The molecule has 3 rings (SSSR count). The van der Waals surface area contributed by atoms with E-state index in [1.54, 1.807) is 4.68 Å². The molecular weight excluding hydrogens is 314 g/mol. The van der Waals surface area contributed by atoms with Gasteiger partial charge in [0.15, 0.2) is 0 Å². The van der Waals surface area contributed by atoms with Crippen LogP contribution in [0.2, 0.25) is 0 Å². The maximum atomic E-state index is 12.1. The molecule has 0 bridgehead atoms. The standard InChI is InChI=1S/C19H27N5O/c1-15-18(14-23(2)22-15)21-19(25)20-12-17-9-11-24(13-17)10-8-16-6-4-3-5-7-16/h3-7,14,17H,8-13H2,1-2H3,(H2,20,21,25)/t17-/m1/s1. The highest BCUT2D eigenvalue weighted by Gasteiger charge is 2.22. The van der Waals surface area contributed by atoms with E-state index >= 15 is 0 Å². The number of benzene rings is 1. The zero-order valence-electron chi connectivity index (χ0n) is 15.0. The van der Waals surface area contributed by atoms with E-state index in [4.69, 9.17) is 0 Å². The number of anilines is 1. The van der Waals surface area contributed by atoms with Gasteiger partial charge < -0.3 is 15.5 Å². The lowest BCUT2D eigenvalue weighted by atomic mass is 10.1. The van der Waals surface area contributed by atoms with Crippen LogP contribution in [0.1, 0.15) is 17.7 Å². The van der Waals surface area contributed by atoms with Crippen LogP contribution in [-0.4, -0.2) is 46.9 Å².